The molecule has 3 rings (SSSR count). The van der Waals surface area contributed by atoms with Gasteiger partial charge in [0.1, 0.15) is 0 Å². The fourth-order valence-electron chi connectivity index (χ4n) is 2.85. The average Bonchev–Trinajstić information content (AvgIpc) is 2.47. The molecule has 0 N–H and O–H groups in total. The smallest absolute Gasteiger partial charge is 0.293 e. The van der Waals surface area contributed by atoms with Gasteiger partial charge < -0.3 is 0 Å². The molecule has 2 aromatic carbocycles. The van der Waals surface area contributed by atoms with E-state index in [0.717, 1.165) is 17.7 Å². The molecule has 0 fully saturated rings. The minimum absolute atomic E-state index is 0.0869. The van der Waals surface area contributed by atoms with Crippen LogP contribution < -0.4 is 0 Å². The van der Waals surface area contributed by atoms with Gasteiger partial charge in [-0.05, 0) is 30.0 Å². The first-order chi connectivity index (χ1) is 9.97. The molecule has 21 heavy (non-hydrogen) atoms. The Balaban J connectivity index is 1.98. The lowest BCUT2D eigenvalue weighted by atomic mass is 9.79. The predicted octanol–water partition coefficient (Wildman–Crippen LogP) is 4.62. The van der Waals surface area contributed by atoms with Gasteiger partial charge in [0.25, 0.3) is 0 Å². The van der Waals surface area contributed by atoms with E-state index in [1.807, 2.05) is 12.1 Å². The van der Waals surface area contributed by atoms with Crippen molar-refractivity contribution in [1.82, 2.24) is 0 Å². The van der Waals surface area contributed by atoms with Crippen LogP contribution in [0.15, 0.2) is 48.5 Å². The normalized spacial score (nSPS) is 18.4. The molecule has 1 nitrogen and oxygen atoms in total. The minimum Gasteiger partial charge on any atom is -0.293 e. The number of aryl methyl sites for hydroxylation is 1. The highest BCUT2D eigenvalue weighted by molar-refractivity contribution is 6.03. The van der Waals surface area contributed by atoms with Gasteiger partial charge in [-0.25, -0.2) is 0 Å². The Morgan fingerprint density at radius 2 is 1.76 bits per heavy atom. The molecule has 0 aromatic heterocycles. The van der Waals surface area contributed by atoms with Gasteiger partial charge in [0.2, 0.25) is 0 Å². The molecule has 1 unspecified atom stereocenters. The molecular weight excluding hydrogens is 277 g/mol. The van der Waals surface area contributed by atoms with Crippen molar-refractivity contribution in [1.29, 1.82) is 0 Å². The zero-order valence-corrected chi connectivity index (χ0v) is 11.2. The second-order valence-corrected chi connectivity index (χ2v) is 5.24. The maximum Gasteiger partial charge on any atom is 0.416 e. The third-order valence-electron chi connectivity index (χ3n) is 3.92. The predicted molar refractivity (Wildman–Crippen MR) is 73.3 cm³/mol. The van der Waals surface area contributed by atoms with Gasteiger partial charge in [0.15, 0.2) is 5.78 Å². The third kappa shape index (κ3) is 2.58. The number of carbonyl (C=O) groups is 1. The summed E-state index contributed by atoms with van der Waals surface area (Å²) in [7, 11) is 0. The highest BCUT2D eigenvalue weighted by Crippen LogP contribution is 2.36. The maximum atomic E-state index is 12.8. The Labute approximate surface area is 120 Å². The number of Topliss-reactive ketones (excluding diaryl/α,β-unsaturated/α-hetero) is 1. The van der Waals surface area contributed by atoms with E-state index in [-0.39, 0.29) is 5.78 Å². The summed E-state index contributed by atoms with van der Waals surface area (Å²) in [5.41, 5.74) is 1.35. The van der Waals surface area contributed by atoms with E-state index in [2.05, 4.69) is 0 Å². The quantitative estimate of drug-likeness (QED) is 0.749. The van der Waals surface area contributed by atoms with E-state index in [1.54, 1.807) is 18.2 Å². The number of fused-ring (bicyclic) bond motifs is 1. The number of carbonyl (C=O) groups excluding carboxylic acids is 1. The number of alkyl halides is 3. The van der Waals surface area contributed by atoms with Crippen molar-refractivity contribution < 1.29 is 18.0 Å². The van der Waals surface area contributed by atoms with Crippen LogP contribution in [0.5, 0.6) is 0 Å². The van der Waals surface area contributed by atoms with Gasteiger partial charge in [0.05, 0.1) is 5.56 Å². The Kier molecular flexibility index (Phi) is 3.32. The van der Waals surface area contributed by atoms with E-state index in [0.29, 0.717) is 24.0 Å². The molecule has 0 heterocycles. The first-order valence-electron chi connectivity index (χ1n) is 6.76. The largest absolute Gasteiger partial charge is 0.416 e. The fourth-order valence-corrected chi connectivity index (χ4v) is 2.85. The van der Waals surface area contributed by atoms with E-state index >= 15 is 0 Å². The summed E-state index contributed by atoms with van der Waals surface area (Å²) in [6, 6.07) is 12.4. The maximum absolute atomic E-state index is 12.8. The summed E-state index contributed by atoms with van der Waals surface area (Å²) in [5.74, 6) is -0.571. The topological polar surface area (TPSA) is 17.1 Å². The van der Waals surface area contributed by atoms with Crippen molar-refractivity contribution in [3.8, 4) is 0 Å². The van der Waals surface area contributed by atoms with E-state index < -0.39 is 17.7 Å². The van der Waals surface area contributed by atoms with Crippen LogP contribution >= 0.6 is 0 Å². The summed E-state index contributed by atoms with van der Waals surface area (Å²) in [6.07, 6.45) is -3.12. The molecule has 0 saturated carbocycles. The molecule has 0 saturated heterocycles. The van der Waals surface area contributed by atoms with Crippen LogP contribution in [0.2, 0.25) is 0 Å². The number of hydrogen-bond acceptors (Lipinski definition) is 1. The lowest BCUT2D eigenvalue weighted by molar-refractivity contribution is -0.137. The number of halogens is 3. The van der Waals surface area contributed by atoms with Crippen molar-refractivity contribution in [2.45, 2.75) is 24.9 Å². The van der Waals surface area contributed by atoms with Gasteiger partial charge >= 0.3 is 6.18 Å². The molecular formula is C17H13F3O. The molecule has 1 atom stereocenters. The summed E-state index contributed by atoms with van der Waals surface area (Å²) >= 11 is 0. The highest BCUT2D eigenvalue weighted by Gasteiger charge is 2.33. The van der Waals surface area contributed by atoms with E-state index in [9.17, 15) is 18.0 Å². The fraction of sp³-hybridized carbons (Fsp3) is 0.235. The monoisotopic (exact) mass is 290 g/mol. The summed E-state index contributed by atoms with van der Waals surface area (Å²) in [5, 5.41) is 0. The molecule has 4 heteroatoms. The standard InChI is InChI=1S/C17H13F3O/c18-17(19,20)13-6-3-5-12(10-13)15-9-8-11-4-1-2-7-14(11)16(15)21/h1-7,10,15H,8-9H2. The molecule has 1 aliphatic rings. The molecule has 0 aliphatic heterocycles. The molecule has 2 aromatic rings. The summed E-state index contributed by atoms with van der Waals surface area (Å²) in [4.78, 5) is 12.5. The molecule has 0 radical (unpaired) electrons. The van der Waals surface area contributed by atoms with Crippen molar-refractivity contribution in [3.05, 3.63) is 70.8 Å². The van der Waals surface area contributed by atoms with Crippen LogP contribution in [-0.2, 0) is 12.6 Å². The van der Waals surface area contributed by atoms with Crippen molar-refractivity contribution in [2.24, 2.45) is 0 Å². The SMILES string of the molecule is O=C1c2ccccc2CCC1c1cccc(C(F)(F)F)c1. The van der Waals surface area contributed by atoms with Crippen molar-refractivity contribution >= 4 is 5.78 Å². The number of rotatable bonds is 1. The van der Waals surface area contributed by atoms with E-state index in [1.165, 1.54) is 6.07 Å². The third-order valence-corrected chi connectivity index (χ3v) is 3.92. The zero-order valence-electron chi connectivity index (χ0n) is 11.2. The van der Waals surface area contributed by atoms with Crippen molar-refractivity contribution in [3.63, 3.8) is 0 Å². The molecule has 0 spiro atoms. The van der Waals surface area contributed by atoms with Gasteiger partial charge in [-0.1, -0.05) is 42.5 Å². The van der Waals surface area contributed by atoms with Crippen molar-refractivity contribution in [2.75, 3.05) is 0 Å². The van der Waals surface area contributed by atoms with Gasteiger partial charge in [-0.15, -0.1) is 0 Å². The van der Waals surface area contributed by atoms with Crippen LogP contribution in [0.3, 0.4) is 0 Å². The lowest BCUT2D eigenvalue weighted by Gasteiger charge is -2.24. The summed E-state index contributed by atoms with van der Waals surface area (Å²) in [6.45, 7) is 0. The van der Waals surface area contributed by atoms with Gasteiger partial charge in [0, 0.05) is 11.5 Å². The lowest BCUT2D eigenvalue weighted by Crippen LogP contribution is -2.21. The molecule has 1 aliphatic carbocycles. The molecule has 0 amide bonds. The van der Waals surface area contributed by atoms with Gasteiger partial charge in [-0.2, -0.15) is 13.2 Å². The van der Waals surface area contributed by atoms with Crippen LogP contribution in [0.25, 0.3) is 0 Å². The Bertz CT molecular complexity index is 688. The second kappa shape index (κ2) is 5.02. The van der Waals surface area contributed by atoms with Crippen LogP contribution in [0, 0.1) is 0 Å². The Morgan fingerprint density at radius 3 is 2.52 bits per heavy atom. The first-order valence-corrected chi connectivity index (χ1v) is 6.76. The summed E-state index contributed by atoms with van der Waals surface area (Å²) < 4.78 is 38.4. The zero-order chi connectivity index (χ0) is 15.0. The number of benzene rings is 2. The van der Waals surface area contributed by atoms with Gasteiger partial charge in [-0.3, -0.25) is 4.79 Å². The highest BCUT2D eigenvalue weighted by atomic mass is 19.4. The Hall–Kier alpha value is -2.10. The molecule has 0 bridgehead atoms. The average molecular weight is 290 g/mol. The van der Waals surface area contributed by atoms with E-state index in [4.69, 9.17) is 0 Å². The molecule has 108 valence electrons. The van der Waals surface area contributed by atoms with Crippen LogP contribution in [0.1, 0.15) is 39.4 Å². The minimum atomic E-state index is -4.38. The number of ketones is 1. The van der Waals surface area contributed by atoms with Crippen LogP contribution in [-0.4, -0.2) is 5.78 Å². The number of hydrogen-bond donors (Lipinski definition) is 0. The Morgan fingerprint density at radius 1 is 1.00 bits per heavy atom. The second-order valence-electron chi connectivity index (χ2n) is 5.24. The first kappa shape index (κ1) is 13.9. The van der Waals surface area contributed by atoms with Crippen LogP contribution in [0.4, 0.5) is 13.2 Å².